The lowest BCUT2D eigenvalue weighted by molar-refractivity contribution is -0.125. The molecule has 2 rings (SSSR count). The molecule has 0 atom stereocenters. The lowest BCUT2D eigenvalue weighted by atomic mass is 10.2. The van der Waals surface area contributed by atoms with Crippen LogP contribution in [-0.4, -0.2) is 42.4 Å². The molecule has 0 spiro atoms. The monoisotopic (exact) mass is 312 g/mol. The number of methoxy groups -OCH3 is 1. The Labute approximate surface area is 113 Å². The summed E-state index contributed by atoms with van der Waals surface area (Å²) in [6, 6.07) is 5.22. The van der Waals surface area contributed by atoms with Crippen molar-refractivity contribution in [3.05, 3.63) is 28.2 Å². The summed E-state index contributed by atoms with van der Waals surface area (Å²) in [6.45, 7) is 0.361. The molecule has 1 aromatic carbocycles. The minimum absolute atomic E-state index is 0.134. The fourth-order valence-electron chi connectivity index (χ4n) is 1.87. The van der Waals surface area contributed by atoms with Gasteiger partial charge in [0.2, 0.25) is 0 Å². The van der Waals surface area contributed by atoms with Crippen LogP contribution in [0.1, 0.15) is 5.56 Å². The van der Waals surface area contributed by atoms with Crippen molar-refractivity contribution in [1.82, 2.24) is 9.80 Å². The molecule has 96 valence electrons. The van der Waals surface area contributed by atoms with Crippen LogP contribution < -0.4 is 4.74 Å². The molecular formula is C12H13BrN2O3. The Morgan fingerprint density at radius 2 is 2.11 bits per heavy atom. The van der Waals surface area contributed by atoms with Gasteiger partial charge in [-0.2, -0.15) is 0 Å². The van der Waals surface area contributed by atoms with Crippen LogP contribution in [0.2, 0.25) is 0 Å². The Hall–Kier alpha value is -1.56. The first-order chi connectivity index (χ1) is 8.52. The number of hydrogen-bond acceptors (Lipinski definition) is 3. The standard InChI is InChI=1S/C12H13BrN2O3/c1-14-7-11(16)15(12(14)17)6-8-5-9(13)3-4-10(8)18-2/h3-5H,6-7H2,1-2H3. The lowest BCUT2D eigenvalue weighted by Crippen LogP contribution is -2.31. The molecule has 0 unspecified atom stereocenters. The molecule has 0 aliphatic carbocycles. The van der Waals surface area contributed by atoms with Crippen LogP contribution >= 0.6 is 15.9 Å². The summed E-state index contributed by atoms with van der Waals surface area (Å²) in [6.07, 6.45) is 0. The van der Waals surface area contributed by atoms with E-state index in [9.17, 15) is 9.59 Å². The zero-order chi connectivity index (χ0) is 13.3. The van der Waals surface area contributed by atoms with Gasteiger partial charge in [-0.3, -0.25) is 9.69 Å². The van der Waals surface area contributed by atoms with E-state index >= 15 is 0 Å². The van der Waals surface area contributed by atoms with E-state index in [1.807, 2.05) is 12.1 Å². The van der Waals surface area contributed by atoms with Gasteiger partial charge in [-0.15, -0.1) is 0 Å². The quantitative estimate of drug-likeness (QED) is 0.800. The number of imide groups is 1. The minimum atomic E-state index is -0.276. The summed E-state index contributed by atoms with van der Waals surface area (Å²) in [4.78, 5) is 26.1. The molecule has 1 heterocycles. The van der Waals surface area contributed by atoms with Crippen molar-refractivity contribution in [3.63, 3.8) is 0 Å². The highest BCUT2D eigenvalue weighted by Crippen LogP contribution is 2.25. The largest absolute Gasteiger partial charge is 0.496 e. The molecule has 0 saturated carbocycles. The number of urea groups is 1. The molecule has 18 heavy (non-hydrogen) atoms. The summed E-state index contributed by atoms with van der Waals surface area (Å²) >= 11 is 3.36. The summed E-state index contributed by atoms with van der Waals surface area (Å²) in [5, 5.41) is 0. The normalized spacial score (nSPS) is 15.5. The van der Waals surface area contributed by atoms with Crippen LogP contribution in [0, 0.1) is 0 Å². The second-order valence-electron chi connectivity index (χ2n) is 4.07. The summed E-state index contributed by atoms with van der Waals surface area (Å²) in [5.41, 5.74) is 0.795. The summed E-state index contributed by atoms with van der Waals surface area (Å²) in [5.74, 6) is 0.470. The predicted octanol–water partition coefficient (Wildman–Crippen LogP) is 1.85. The van der Waals surface area contributed by atoms with Gasteiger partial charge in [-0.25, -0.2) is 4.79 Å². The first-order valence-electron chi connectivity index (χ1n) is 5.41. The van der Waals surface area contributed by atoms with Gasteiger partial charge >= 0.3 is 6.03 Å². The Balaban J connectivity index is 2.26. The molecule has 1 aliphatic rings. The van der Waals surface area contributed by atoms with Gasteiger partial charge in [0.25, 0.3) is 5.91 Å². The number of amides is 3. The average molecular weight is 313 g/mol. The first-order valence-corrected chi connectivity index (χ1v) is 6.20. The van der Waals surface area contributed by atoms with Crippen LogP contribution in [0.15, 0.2) is 22.7 Å². The SMILES string of the molecule is COc1ccc(Br)cc1CN1C(=O)CN(C)C1=O. The van der Waals surface area contributed by atoms with Crippen LogP contribution in [0.25, 0.3) is 0 Å². The fraction of sp³-hybridized carbons (Fsp3) is 0.333. The third kappa shape index (κ3) is 2.33. The third-order valence-corrected chi connectivity index (χ3v) is 3.30. The number of ether oxygens (including phenoxy) is 1. The lowest BCUT2D eigenvalue weighted by Gasteiger charge is -2.16. The minimum Gasteiger partial charge on any atom is -0.496 e. The molecule has 5 nitrogen and oxygen atoms in total. The molecule has 0 bridgehead atoms. The zero-order valence-electron chi connectivity index (χ0n) is 10.1. The van der Waals surface area contributed by atoms with Crippen LogP contribution in [0.3, 0.4) is 0 Å². The maximum absolute atomic E-state index is 11.8. The smallest absolute Gasteiger partial charge is 0.327 e. The Bertz CT molecular complexity index is 504. The van der Waals surface area contributed by atoms with E-state index in [1.165, 1.54) is 9.80 Å². The predicted molar refractivity (Wildman–Crippen MR) is 69.3 cm³/mol. The van der Waals surface area contributed by atoms with Crippen molar-refractivity contribution in [2.45, 2.75) is 6.54 Å². The van der Waals surface area contributed by atoms with E-state index in [4.69, 9.17) is 4.74 Å². The summed E-state index contributed by atoms with van der Waals surface area (Å²) < 4.78 is 6.10. The number of halogens is 1. The number of likely N-dealkylation sites (N-methyl/N-ethyl adjacent to an activating group) is 1. The molecule has 0 radical (unpaired) electrons. The molecule has 1 saturated heterocycles. The summed E-state index contributed by atoms with van der Waals surface area (Å²) in [7, 11) is 3.17. The highest BCUT2D eigenvalue weighted by atomic mass is 79.9. The maximum atomic E-state index is 11.8. The fourth-order valence-corrected chi connectivity index (χ4v) is 2.27. The second kappa shape index (κ2) is 4.97. The van der Waals surface area contributed by atoms with E-state index in [-0.39, 0.29) is 25.0 Å². The van der Waals surface area contributed by atoms with Crippen molar-refractivity contribution < 1.29 is 14.3 Å². The zero-order valence-corrected chi connectivity index (χ0v) is 11.7. The Morgan fingerprint density at radius 3 is 2.67 bits per heavy atom. The van der Waals surface area contributed by atoms with Crippen LogP contribution in [0.4, 0.5) is 4.79 Å². The second-order valence-corrected chi connectivity index (χ2v) is 4.99. The van der Waals surface area contributed by atoms with Crippen molar-refractivity contribution in [1.29, 1.82) is 0 Å². The topological polar surface area (TPSA) is 49.9 Å². The number of carbonyl (C=O) groups excluding carboxylic acids is 2. The van der Waals surface area contributed by atoms with E-state index in [0.29, 0.717) is 5.75 Å². The molecule has 3 amide bonds. The van der Waals surface area contributed by atoms with Crippen molar-refractivity contribution in [2.75, 3.05) is 20.7 Å². The van der Waals surface area contributed by atoms with Gasteiger partial charge in [0.05, 0.1) is 13.7 Å². The van der Waals surface area contributed by atoms with E-state index in [2.05, 4.69) is 15.9 Å². The molecule has 6 heteroatoms. The number of hydrogen-bond donors (Lipinski definition) is 0. The average Bonchev–Trinajstić information content (AvgIpc) is 2.56. The van der Waals surface area contributed by atoms with Gasteiger partial charge in [0.15, 0.2) is 0 Å². The number of rotatable bonds is 3. The highest BCUT2D eigenvalue weighted by Gasteiger charge is 2.33. The molecular weight excluding hydrogens is 300 g/mol. The van der Waals surface area contributed by atoms with Gasteiger partial charge in [0, 0.05) is 17.1 Å². The van der Waals surface area contributed by atoms with Crippen molar-refractivity contribution in [3.8, 4) is 5.75 Å². The number of carbonyl (C=O) groups is 2. The van der Waals surface area contributed by atoms with Gasteiger partial charge < -0.3 is 9.64 Å². The Kier molecular flexibility index (Phi) is 3.56. The number of benzene rings is 1. The maximum Gasteiger partial charge on any atom is 0.327 e. The van der Waals surface area contributed by atoms with Gasteiger partial charge in [0.1, 0.15) is 12.3 Å². The van der Waals surface area contributed by atoms with Crippen LogP contribution in [0.5, 0.6) is 5.75 Å². The van der Waals surface area contributed by atoms with Gasteiger partial charge in [-0.05, 0) is 18.2 Å². The molecule has 1 aromatic rings. The van der Waals surface area contributed by atoms with Crippen LogP contribution in [-0.2, 0) is 11.3 Å². The molecule has 1 fully saturated rings. The van der Waals surface area contributed by atoms with Crippen molar-refractivity contribution in [2.24, 2.45) is 0 Å². The van der Waals surface area contributed by atoms with Crippen molar-refractivity contribution >= 4 is 27.9 Å². The van der Waals surface area contributed by atoms with Gasteiger partial charge in [-0.1, -0.05) is 15.9 Å². The molecule has 0 N–H and O–H groups in total. The first kappa shape index (κ1) is 12.9. The van der Waals surface area contributed by atoms with E-state index in [0.717, 1.165) is 10.0 Å². The van der Waals surface area contributed by atoms with E-state index in [1.54, 1.807) is 20.2 Å². The third-order valence-electron chi connectivity index (χ3n) is 2.80. The number of nitrogens with zero attached hydrogens (tertiary/aromatic N) is 2. The molecule has 0 aromatic heterocycles. The highest BCUT2D eigenvalue weighted by molar-refractivity contribution is 9.10. The Morgan fingerprint density at radius 1 is 1.39 bits per heavy atom. The molecule has 1 aliphatic heterocycles. The van der Waals surface area contributed by atoms with E-state index < -0.39 is 0 Å².